The molecule has 136 valence electrons. The number of hydrogen-bond donors (Lipinski definition) is 1. The number of carbonyl (C=O) groups excluding carboxylic acids is 1. The van der Waals surface area contributed by atoms with Gasteiger partial charge in [-0.15, -0.1) is 0 Å². The first-order valence-corrected chi connectivity index (χ1v) is 8.95. The standard InChI is InChI=1S/C19H28N4O2/c1-14-5-6-16(25-14)13-22-11-8-15(9-12-22)23-17(7-10-20-23)21-18(24)19(2,3)4/h5-7,10,15H,8-9,11-13H2,1-4H3,(H,21,24). The minimum Gasteiger partial charge on any atom is -0.465 e. The SMILES string of the molecule is Cc1ccc(CN2CCC(n3nccc3NC(=O)C(C)(C)C)CC2)o1. The summed E-state index contributed by atoms with van der Waals surface area (Å²) in [6, 6.07) is 6.26. The van der Waals surface area contributed by atoms with Crippen molar-refractivity contribution in [2.75, 3.05) is 18.4 Å². The molecule has 1 aliphatic heterocycles. The molecule has 1 N–H and O–H groups in total. The molecule has 1 aliphatic rings. The van der Waals surface area contributed by atoms with E-state index in [-0.39, 0.29) is 5.91 Å². The van der Waals surface area contributed by atoms with E-state index < -0.39 is 5.41 Å². The molecule has 6 heteroatoms. The van der Waals surface area contributed by atoms with Crippen molar-refractivity contribution in [1.29, 1.82) is 0 Å². The van der Waals surface area contributed by atoms with E-state index in [9.17, 15) is 4.79 Å². The number of nitrogens with zero attached hydrogens (tertiary/aromatic N) is 3. The first-order chi connectivity index (χ1) is 11.8. The van der Waals surface area contributed by atoms with Crippen LogP contribution in [0, 0.1) is 12.3 Å². The fourth-order valence-corrected chi connectivity index (χ4v) is 3.12. The molecule has 2 aromatic rings. The number of amides is 1. The second kappa shape index (κ2) is 7.04. The molecule has 0 spiro atoms. The van der Waals surface area contributed by atoms with E-state index in [1.54, 1.807) is 6.20 Å². The third-order valence-electron chi connectivity index (χ3n) is 4.67. The Morgan fingerprint density at radius 2 is 2.00 bits per heavy atom. The van der Waals surface area contributed by atoms with Crippen molar-refractivity contribution in [2.24, 2.45) is 5.41 Å². The average Bonchev–Trinajstić information content (AvgIpc) is 3.16. The molecule has 1 fully saturated rings. The van der Waals surface area contributed by atoms with E-state index in [1.165, 1.54) is 0 Å². The highest BCUT2D eigenvalue weighted by Gasteiger charge is 2.26. The zero-order chi connectivity index (χ0) is 18.0. The van der Waals surface area contributed by atoms with E-state index in [1.807, 2.05) is 44.5 Å². The van der Waals surface area contributed by atoms with Crippen molar-refractivity contribution in [3.05, 3.63) is 35.9 Å². The zero-order valence-electron chi connectivity index (χ0n) is 15.6. The van der Waals surface area contributed by atoms with Crippen LogP contribution in [-0.2, 0) is 11.3 Å². The molecule has 0 bridgehead atoms. The second-order valence-corrected chi connectivity index (χ2v) is 7.88. The van der Waals surface area contributed by atoms with Gasteiger partial charge in [-0.1, -0.05) is 20.8 Å². The van der Waals surface area contributed by atoms with Crippen LogP contribution in [0.1, 0.15) is 51.2 Å². The van der Waals surface area contributed by atoms with Crippen LogP contribution < -0.4 is 5.32 Å². The predicted octanol–water partition coefficient (Wildman–Crippen LogP) is 3.61. The van der Waals surface area contributed by atoms with Gasteiger partial charge >= 0.3 is 0 Å². The topological polar surface area (TPSA) is 63.3 Å². The molecular weight excluding hydrogens is 316 g/mol. The van der Waals surface area contributed by atoms with Gasteiger partial charge in [-0.25, -0.2) is 4.68 Å². The van der Waals surface area contributed by atoms with Crippen LogP contribution in [0.5, 0.6) is 0 Å². The lowest BCUT2D eigenvalue weighted by Crippen LogP contribution is -2.35. The molecule has 0 radical (unpaired) electrons. The fraction of sp³-hybridized carbons (Fsp3) is 0.579. The number of likely N-dealkylation sites (tertiary alicyclic amines) is 1. The highest BCUT2D eigenvalue weighted by Crippen LogP contribution is 2.27. The Balaban J connectivity index is 1.58. The van der Waals surface area contributed by atoms with Gasteiger partial charge in [0, 0.05) is 24.6 Å². The predicted molar refractivity (Wildman–Crippen MR) is 97.3 cm³/mol. The van der Waals surface area contributed by atoms with Crippen molar-refractivity contribution < 1.29 is 9.21 Å². The monoisotopic (exact) mass is 344 g/mol. The Labute approximate surface area is 149 Å². The zero-order valence-corrected chi connectivity index (χ0v) is 15.6. The van der Waals surface area contributed by atoms with Gasteiger partial charge in [0.2, 0.25) is 5.91 Å². The summed E-state index contributed by atoms with van der Waals surface area (Å²) in [6.45, 7) is 10.6. The molecule has 3 heterocycles. The summed E-state index contributed by atoms with van der Waals surface area (Å²) in [7, 11) is 0. The quantitative estimate of drug-likeness (QED) is 0.920. The summed E-state index contributed by atoms with van der Waals surface area (Å²) in [5, 5.41) is 7.47. The normalized spacial score (nSPS) is 17.0. The van der Waals surface area contributed by atoms with Gasteiger partial charge in [-0.2, -0.15) is 5.10 Å². The summed E-state index contributed by atoms with van der Waals surface area (Å²) in [6.07, 6.45) is 3.79. The first-order valence-electron chi connectivity index (χ1n) is 8.95. The smallest absolute Gasteiger partial charge is 0.230 e. The Morgan fingerprint density at radius 1 is 1.28 bits per heavy atom. The molecule has 0 saturated carbocycles. The Bertz CT molecular complexity index is 718. The van der Waals surface area contributed by atoms with Gasteiger partial charge < -0.3 is 9.73 Å². The molecular formula is C19H28N4O2. The van der Waals surface area contributed by atoms with Crippen molar-refractivity contribution in [1.82, 2.24) is 14.7 Å². The fourth-order valence-electron chi connectivity index (χ4n) is 3.12. The summed E-state index contributed by atoms with van der Waals surface area (Å²) in [5.41, 5.74) is -0.417. The van der Waals surface area contributed by atoms with E-state index in [2.05, 4.69) is 21.4 Å². The van der Waals surface area contributed by atoms with E-state index in [0.717, 1.165) is 49.8 Å². The number of carbonyl (C=O) groups is 1. The summed E-state index contributed by atoms with van der Waals surface area (Å²) in [5.74, 6) is 2.79. The van der Waals surface area contributed by atoms with Crippen LogP contribution in [-0.4, -0.2) is 33.7 Å². The molecule has 0 aromatic carbocycles. The lowest BCUT2D eigenvalue weighted by Gasteiger charge is -2.32. The Hall–Kier alpha value is -2.08. The molecule has 25 heavy (non-hydrogen) atoms. The largest absolute Gasteiger partial charge is 0.465 e. The van der Waals surface area contributed by atoms with Crippen LogP contribution in [0.3, 0.4) is 0 Å². The van der Waals surface area contributed by atoms with Crippen molar-refractivity contribution in [3.8, 4) is 0 Å². The molecule has 2 aromatic heterocycles. The first kappa shape index (κ1) is 17.7. The maximum atomic E-state index is 12.3. The van der Waals surface area contributed by atoms with Crippen LogP contribution in [0.2, 0.25) is 0 Å². The van der Waals surface area contributed by atoms with Gasteiger partial charge in [-0.05, 0) is 31.9 Å². The average molecular weight is 344 g/mol. The number of furan rings is 1. The highest BCUT2D eigenvalue weighted by molar-refractivity contribution is 5.93. The van der Waals surface area contributed by atoms with E-state index >= 15 is 0 Å². The number of aryl methyl sites for hydroxylation is 1. The van der Waals surface area contributed by atoms with Gasteiger partial charge in [0.25, 0.3) is 0 Å². The molecule has 0 aliphatic carbocycles. The molecule has 0 unspecified atom stereocenters. The number of anilines is 1. The summed E-state index contributed by atoms with van der Waals surface area (Å²) in [4.78, 5) is 14.7. The van der Waals surface area contributed by atoms with Crippen LogP contribution in [0.15, 0.2) is 28.8 Å². The number of nitrogens with one attached hydrogen (secondary N) is 1. The van der Waals surface area contributed by atoms with Crippen LogP contribution in [0.4, 0.5) is 5.82 Å². The highest BCUT2D eigenvalue weighted by atomic mass is 16.3. The van der Waals surface area contributed by atoms with E-state index in [4.69, 9.17) is 4.42 Å². The third kappa shape index (κ3) is 4.31. The van der Waals surface area contributed by atoms with Gasteiger partial charge in [-0.3, -0.25) is 9.69 Å². The molecule has 1 amide bonds. The number of aromatic nitrogens is 2. The minimum atomic E-state index is -0.417. The summed E-state index contributed by atoms with van der Waals surface area (Å²) < 4.78 is 7.64. The molecule has 0 atom stereocenters. The van der Waals surface area contributed by atoms with Crippen LogP contribution >= 0.6 is 0 Å². The van der Waals surface area contributed by atoms with Gasteiger partial charge in [0.15, 0.2) is 0 Å². The van der Waals surface area contributed by atoms with Crippen molar-refractivity contribution >= 4 is 11.7 Å². The van der Waals surface area contributed by atoms with Crippen molar-refractivity contribution in [3.63, 3.8) is 0 Å². The Morgan fingerprint density at radius 3 is 2.60 bits per heavy atom. The minimum absolute atomic E-state index is 0.0138. The number of piperidine rings is 1. The van der Waals surface area contributed by atoms with Gasteiger partial charge in [0.1, 0.15) is 17.3 Å². The number of hydrogen-bond acceptors (Lipinski definition) is 4. The molecule has 3 rings (SSSR count). The lowest BCUT2D eigenvalue weighted by molar-refractivity contribution is -0.123. The Kier molecular flexibility index (Phi) is 4.99. The maximum absolute atomic E-state index is 12.3. The van der Waals surface area contributed by atoms with E-state index in [0.29, 0.717) is 6.04 Å². The molecule has 1 saturated heterocycles. The summed E-state index contributed by atoms with van der Waals surface area (Å²) >= 11 is 0. The lowest BCUT2D eigenvalue weighted by atomic mass is 9.96. The van der Waals surface area contributed by atoms with Crippen LogP contribution in [0.25, 0.3) is 0 Å². The van der Waals surface area contributed by atoms with Crippen molar-refractivity contribution in [2.45, 2.75) is 53.1 Å². The maximum Gasteiger partial charge on any atom is 0.230 e. The molecule has 6 nitrogen and oxygen atoms in total. The second-order valence-electron chi connectivity index (χ2n) is 7.88. The van der Waals surface area contributed by atoms with Gasteiger partial charge in [0.05, 0.1) is 18.8 Å². The third-order valence-corrected chi connectivity index (χ3v) is 4.67. The number of rotatable bonds is 4.